The largest absolute Gasteiger partial charge is 0.480 e. The number of piperidine rings is 1. The summed E-state index contributed by atoms with van der Waals surface area (Å²) in [5.74, 6) is -1.29. The lowest BCUT2D eigenvalue weighted by molar-refractivity contribution is -0.142. The number of Topliss-reactive ketones (excluding diaryl/α,β-unsaturated/α-hetero) is 1. The fourth-order valence-electron chi connectivity index (χ4n) is 3.50. The van der Waals surface area contributed by atoms with Crippen molar-refractivity contribution in [2.45, 2.75) is 37.1 Å². The maximum Gasteiger partial charge on any atom is 0.325 e. The third kappa shape index (κ3) is 5.42. The summed E-state index contributed by atoms with van der Waals surface area (Å²) in [6, 6.07) is 0.718. The number of halogens is 2. The molecule has 0 spiro atoms. The van der Waals surface area contributed by atoms with Gasteiger partial charge in [-0.1, -0.05) is 23.2 Å². The predicted octanol–water partition coefficient (Wildman–Crippen LogP) is 3.51. The van der Waals surface area contributed by atoms with Crippen molar-refractivity contribution >= 4 is 64.6 Å². The number of hydrogen-bond acceptors (Lipinski definition) is 5. The van der Waals surface area contributed by atoms with E-state index in [1.165, 1.54) is 24.8 Å². The number of benzene rings is 1. The van der Waals surface area contributed by atoms with E-state index in [0.29, 0.717) is 64.2 Å². The number of likely N-dealkylation sites (tertiary alicyclic amines) is 1. The minimum atomic E-state index is -1.09. The molecular formula is C21H22Cl2N2O5S. The van der Waals surface area contributed by atoms with Gasteiger partial charge in [0.15, 0.2) is 5.78 Å². The number of ketones is 1. The van der Waals surface area contributed by atoms with E-state index in [0.717, 1.165) is 0 Å². The quantitative estimate of drug-likeness (QED) is 0.619. The molecule has 1 fully saturated rings. The molecule has 1 unspecified atom stereocenters. The Morgan fingerprint density at radius 2 is 1.94 bits per heavy atom. The summed E-state index contributed by atoms with van der Waals surface area (Å²) in [5, 5.41) is 12.0. The van der Waals surface area contributed by atoms with Gasteiger partial charge in [0.25, 0.3) is 0 Å². The molecule has 7 nitrogen and oxygen atoms in total. The van der Waals surface area contributed by atoms with Crippen LogP contribution in [0.15, 0.2) is 17.0 Å². The van der Waals surface area contributed by atoms with Gasteiger partial charge in [-0.2, -0.15) is 0 Å². The van der Waals surface area contributed by atoms with Gasteiger partial charge >= 0.3 is 5.97 Å². The smallest absolute Gasteiger partial charge is 0.325 e. The van der Waals surface area contributed by atoms with Gasteiger partial charge in [0.1, 0.15) is 6.04 Å². The van der Waals surface area contributed by atoms with Crippen molar-refractivity contribution in [3.8, 4) is 0 Å². The molecule has 1 aromatic rings. The van der Waals surface area contributed by atoms with E-state index in [-0.39, 0.29) is 23.5 Å². The number of thioether (sulfide) groups is 1. The van der Waals surface area contributed by atoms with Crippen LogP contribution in [0.5, 0.6) is 0 Å². The number of aliphatic carboxylic acids is 1. The van der Waals surface area contributed by atoms with Crippen LogP contribution in [0.25, 0.3) is 6.08 Å². The molecular weight excluding hydrogens is 463 g/mol. The number of hydrogen-bond donors (Lipinski definition) is 2. The van der Waals surface area contributed by atoms with Gasteiger partial charge in [0, 0.05) is 47.7 Å². The Balaban J connectivity index is 1.62. The molecule has 2 aliphatic heterocycles. The third-order valence-corrected chi connectivity index (χ3v) is 7.49. The predicted molar refractivity (Wildman–Crippen MR) is 120 cm³/mol. The number of nitrogens with zero attached hydrogens (tertiary/aromatic N) is 1. The fraction of sp³-hybridized carbons (Fsp3) is 0.429. The van der Waals surface area contributed by atoms with Crippen molar-refractivity contribution in [1.29, 1.82) is 0 Å². The zero-order valence-corrected chi connectivity index (χ0v) is 19.1. The molecule has 2 amide bonds. The van der Waals surface area contributed by atoms with Crippen molar-refractivity contribution in [3.63, 3.8) is 0 Å². The first-order valence-electron chi connectivity index (χ1n) is 9.87. The molecule has 0 radical (unpaired) electrons. The number of amides is 2. The molecule has 2 aliphatic rings. The number of carboxylic acid groups (broad SMARTS) is 1. The van der Waals surface area contributed by atoms with E-state index in [1.54, 1.807) is 17.0 Å². The van der Waals surface area contributed by atoms with Crippen LogP contribution in [0.1, 0.15) is 42.1 Å². The van der Waals surface area contributed by atoms with E-state index in [4.69, 9.17) is 28.3 Å². The number of carbonyl (C=O) groups is 4. The van der Waals surface area contributed by atoms with Crippen molar-refractivity contribution in [2.75, 3.05) is 18.8 Å². The summed E-state index contributed by atoms with van der Waals surface area (Å²) in [5.41, 5.74) is 1.03. The highest BCUT2D eigenvalue weighted by molar-refractivity contribution is 7.99. The topological polar surface area (TPSA) is 104 Å². The van der Waals surface area contributed by atoms with Crippen LogP contribution in [-0.4, -0.2) is 58.5 Å². The van der Waals surface area contributed by atoms with Gasteiger partial charge in [-0.15, -0.1) is 11.8 Å². The minimum absolute atomic E-state index is 0.00542. The maximum absolute atomic E-state index is 12.6. The van der Waals surface area contributed by atoms with Crippen LogP contribution in [0.3, 0.4) is 0 Å². The summed E-state index contributed by atoms with van der Waals surface area (Å²) in [6.45, 7) is 2.18. The second-order valence-corrected chi connectivity index (χ2v) is 9.35. The van der Waals surface area contributed by atoms with Gasteiger partial charge in [-0.05, 0) is 37.5 Å². The Morgan fingerprint density at radius 3 is 2.58 bits per heavy atom. The Labute approximate surface area is 194 Å². The minimum Gasteiger partial charge on any atom is -0.480 e. The summed E-state index contributed by atoms with van der Waals surface area (Å²) in [7, 11) is 0. The Morgan fingerprint density at radius 1 is 1.26 bits per heavy atom. The van der Waals surface area contributed by atoms with Gasteiger partial charge in [0.05, 0.1) is 10.0 Å². The SMILES string of the molecule is CC(NC(=O)C1CCN(C(=O)/C=C/c2cc3c(c(Cl)c2Cl)SCCC3=O)CC1)C(=O)O. The Bertz CT molecular complexity index is 958. The molecule has 1 saturated heterocycles. The first kappa shape index (κ1) is 23.6. The molecule has 166 valence electrons. The molecule has 0 bridgehead atoms. The summed E-state index contributed by atoms with van der Waals surface area (Å²) >= 11 is 14.2. The molecule has 1 atom stereocenters. The van der Waals surface area contributed by atoms with Gasteiger partial charge in [0.2, 0.25) is 11.8 Å². The van der Waals surface area contributed by atoms with Gasteiger partial charge < -0.3 is 15.3 Å². The summed E-state index contributed by atoms with van der Waals surface area (Å²) < 4.78 is 0. The average Bonchev–Trinajstić information content (AvgIpc) is 2.75. The van der Waals surface area contributed by atoms with Gasteiger partial charge in [-0.3, -0.25) is 19.2 Å². The highest BCUT2D eigenvalue weighted by Crippen LogP contribution is 2.42. The van der Waals surface area contributed by atoms with E-state index in [9.17, 15) is 19.2 Å². The molecule has 10 heteroatoms. The highest BCUT2D eigenvalue weighted by Gasteiger charge is 2.28. The monoisotopic (exact) mass is 484 g/mol. The van der Waals surface area contributed by atoms with Crippen molar-refractivity contribution in [2.24, 2.45) is 5.92 Å². The van der Waals surface area contributed by atoms with Crippen LogP contribution >= 0.6 is 35.0 Å². The molecule has 0 aliphatic carbocycles. The van der Waals surface area contributed by atoms with E-state index >= 15 is 0 Å². The normalized spacial score (nSPS) is 18.0. The molecule has 2 N–H and O–H groups in total. The molecule has 0 saturated carbocycles. The third-order valence-electron chi connectivity index (χ3n) is 5.38. The van der Waals surface area contributed by atoms with Crippen LogP contribution in [0, 0.1) is 5.92 Å². The van der Waals surface area contributed by atoms with E-state index in [1.807, 2.05) is 0 Å². The summed E-state index contributed by atoms with van der Waals surface area (Å²) in [4.78, 5) is 50.1. The van der Waals surface area contributed by atoms with Crippen molar-refractivity contribution in [3.05, 3.63) is 33.3 Å². The Kier molecular flexibility index (Phi) is 7.67. The highest BCUT2D eigenvalue weighted by atomic mass is 35.5. The van der Waals surface area contributed by atoms with E-state index in [2.05, 4.69) is 5.32 Å². The first-order chi connectivity index (χ1) is 14.7. The lowest BCUT2D eigenvalue weighted by Crippen LogP contribution is -2.46. The van der Waals surface area contributed by atoms with Crippen LogP contribution < -0.4 is 5.32 Å². The molecule has 31 heavy (non-hydrogen) atoms. The number of rotatable bonds is 5. The molecule has 1 aromatic carbocycles. The Hall–Kier alpha value is -2.03. The zero-order valence-electron chi connectivity index (χ0n) is 16.8. The molecule has 3 rings (SSSR count). The lowest BCUT2D eigenvalue weighted by atomic mass is 9.95. The fourth-order valence-corrected chi connectivity index (χ4v) is 5.19. The number of nitrogens with one attached hydrogen (secondary N) is 1. The number of carboxylic acids is 1. The van der Waals surface area contributed by atoms with Crippen LogP contribution in [0.4, 0.5) is 0 Å². The lowest BCUT2D eigenvalue weighted by Gasteiger charge is -2.31. The first-order valence-corrected chi connectivity index (χ1v) is 11.6. The van der Waals surface area contributed by atoms with Crippen LogP contribution in [-0.2, 0) is 14.4 Å². The van der Waals surface area contributed by atoms with Gasteiger partial charge in [-0.25, -0.2) is 0 Å². The summed E-state index contributed by atoms with van der Waals surface area (Å²) in [6.07, 6.45) is 4.28. The second kappa shape index (κ2) is 10.1. The number of carbonyl (C=O) groups excluding carboxylic acids is 3. The molecule has 0 aromatic heterocycles. The average molecular weight is 485 g/mol. The van der Waals surface area contributed by atoms with E-state index < -0.39 is 12.0 Å². The number of fused-ring (bicyclic) bond motifs is 1. The maximum atomic E-state index is 12.6. The van der Waals surface area contributed by atoms with Crippen molar-refractivity contribution in [1.82, 2.24) is 10.2 Å². The molecule has 2 heterocycles. The van der Waals surface area contributed by atoms with Crippen LogP contribution in [0.2, 0.25) is 10.0 Å². The standard InChI is InChI=1S/C21H22Cl2N2O5S/c1-11(21(29)30)24-20(28)12-4-7-25(8-5-12)16(27)3-2-13-10-14-15(26)6-9-31-19(14)18(23)17(13)22/h2-3,10-12H,4-9H2,1H3,(H,24,28)(H,29,30)/b3-2+. The second-order valence-electron chi connectivity index (χ2n) is 7.49. The van der Waals surface area contributed by atoms with Crippen molar-refractivity contribution < 1.29 is 24.3 Å². The zero-order chi connectivity index (χ0) is 22.7.